The summed E-state index contributed by atoms with van der Waals surface area (Å²) in [6, 6.07) is 8.18. The quantitative estimate of drug-likeness (QED) is 0.704. The van der Waals surface area contributed by atoms with Crippen LogP contribution in [0.4, 0.5) is 11.8 Å². The second-order valence-corrected chi connectivity index (χ2v) is 11.0. The van der Waals surface area contributed by atoms with Gasteiger partial charge in [0.15, 0.2) is 0 Å². The van der Waals surface area contributed by atoms with E-state index in [1.54, 1.807) is 0 Å². The Morgan fingerprint density at radius 2 is 1.90 bits per heavy atom. The molecule has 1 saturated heterocycles. The molecule has 8 heteroatoms. The van der Waals surface area contributed by atoms with Gasteiger partial charge < -0.3 is 15.3 Å². The highest BCUT2D eigenvalue weighted by Gasteiger charge is 2.38. The molecule has 1 aromatic heterocycles. The average molecular weight is 461 g/mol. The van der Waals surface area contributed by atoms with Gasteiger partial charge in [0.2, 0.25) is 5.95 Å². The molecular formula is C23H29ClN4O2S. The standard InChI is InChI=1S/C23H29ClN4O2S/c24-18-6-4-16(5-7-18)17-8-12-28(13-9-17)22-25-19-3-1-14-31(30)20(19)21(26-22)27-23(15-29)10-2-11-23/h4-7,17,29H,1-3,8-15H2,(H,25,26,27). The Morgan fingerprint density at radius 3 is 2.55 bits per heavy atom. The number of piperidine rings is 1. The van der Waals surface area contributed by atoms with E-state index >= 15 is 0 Å². The predicted molar refractivity (Wildman–Crippen MR) is 125 cm³/mol. The Balaban J connectivity index is 1.39. The van der Waals surface area contributed by atoms with E-state index in [0.717, 1.165) is 79.6 Å². The molecule has 31 heavy (non-hydrogen) atoms. The van der Waals surface area contributed by atoms with Gasteiger partial charge >= 0.3 is 0 Å². The molecule has 1 unspecified atom stereocenters. The fourth-order valence-corrected chi connectivity index (χ4v) is 6.38. The van der Waals surface area contributed by atoms with Gasteiger partial charge in [-0.15, -0.1) is 0 Å². The summed E-state index contributed by atoms with van der Waals surface area (Å²) in [7, 11) is -1.09. The fraction of sp³-hybridized carbons (Fsp3) is 0.565. The Morgan fingerprint density at radius 1 is 1.16 bits per heavy atom. The number of nitrogens with one attached hydrogen (secondary N) is 1. The minimum absolute atomic E-state index is 0.0697. The second kappa shape index (κ2) is 8.68. The number of benzene rings is 1. The number of hydrogen-bond acceptors (Lipinski definition) is 6. The molecule has 0 bridgehead atoms. The van der Waals surface area contributed by atoms with Crippen LogP contribution in [0.3, 0.4) is 0 Å². The van der Waals surface area contributed by atoms with E-state index in [-0.39, 0.29) is 12.1 Å². The van der Waals surface area contributed by atoms with Crippen molar-refractivity contribution in [1.82, 2.24) is 9.97 Å². The first-order valence-corrected chi connectivity index (χ1v) is 13.0. The molecule has 1 saturated carbocycles. The van der Waals surface area contributed by atoms with Crippen molar-refractivity contribution in [3.63, 3.8) is 0 Å². The molecule has 0 radical (unpaired) electrons. The molecule has 6 nitrogen and oxygen atoms in total. The molecule has 1 atom stereocenters. The van der Waals surface area contributed by atoms with Gasteiger partial charge in [0.05, 0.1) is 28.6 Å². The normalized spacial score (nSPS) is 23.2. The number of hydrogen-bond donors (Lipinski definition) is 2. The Bertz CT molecular complexity index is 967. The summed E-state index contributed by atoms with van der Waals surface area (Å²) in [6.45, 7) is 1.85. The largest absolute Gasteiger partial charge is 0.394 e. The molecule has 2 aromatic rings. The molecule has 2 aliphatic heterocycles. The van der Waals surface area contributed by atoms with Crippen molar-refractivity contribution >= 4 is 34.2 Å². The molecule has 166 valence electrons. The van der Waals surface area contributed by atoms with Crippen LogP contribution >= 0.6 is 11.6 Å². The third-order valence-electron chi connectivity index (χ3n) is 7.01. The van der Waals surface area contributed by atoms with E-state index in [0.29, 0.717) is 17.5 Å². The lowest BCUT2D eigenvalue weighted by Crippen LogP contribution is -2.49. The number of rotatable bonds is 5. The van der Waals surface area contributed by atoms with Crippen LogP contribution in [0.2, 0.25) is 5.02 Å². The van der Waals surface area contributed by atoms with Gasteiger partial charge in [0.25, 0.3) is 0 Å². The summed E-state index contributed by atoms with van der Waals surface area (Å²) in [5.41, 5.74) is 1.91. The maximum atomic E-state index is 12.8. The van der Waals surface area contributed by atoms with Crippen LogP contribution < -0.4 is 10.2 Å². The number of aliphatic hydroxyl groups is 1. The summed E-state index contributed by atoms with van der Waals surface area (Å²) >= 11 is 6.04. The Labute approximate surface area is 190 Å². The van der Waals surface area contributed by atoms with Crippen molar-refractivity contribution < 1.29 is 9.32 Å². The van der Waals surface area contributed by atoms with Crippen molar-refractivity contribution in [2.24, 2.45) is 0 Å². The van der Waals surface area contributed by atoms with Crippen LogP contribution in [-0.4, -0.2) is 50.3 Å². The molecule has 3 aliphatic rings. The van der Waals surface area contributed by atoms with Crippen LogP contribution in [0, 0.1) is 0 Å². The molecule has 1 aliphatic carbocycles. The number of nitrogens with zero attached hydrogens (tertiary/aromatic N) is 3. The summed E-state index contributed by atoms with van der Waals surface area (Å²) < 4.78 is 12.8. The first-order valence-electron chi connectivity index (χ1n) is 11.3. The minimum atomic E-state index is -1.09. The van der Waals surface area contributed by atoms with E-state index in [1.165, 1.54) is 5.56 Å². The topological polar surface area (TPSA) is 78.4 Å². The zero-order chi connectivity index (χ0) is 21.4. The summed E-state index contributed by atoms with van der Waals surface area (Å²) in [6.07, 6.45) is 6.72. The van der Waals surface area contributed by atoms with Gasteiger partial charge in [-0.25, -0.2) is 4.98 Å². The van der Waals surface area contributed by atoms with Crippen LogP contribution in [0.1, 0.15) is 55.7 Å². The lowest BCUT2D eigenvalue weighted by atomic mass is 9.77. The molecular weight excluding hydrogens is 432 g/mol. The fourth-order valence-electron chi connectivity index (χ4n) is 4.92. The molecule has 5 rings (SSSR count). The Kier molecular flexibility index (Phi) is 5.92. The number of halogens is 1. The van der Waals surface area contributed by atoms with Crippen molar-refractivity contribution in [2.45, 2.75) is 61.3 Å². The van der Waals surface area contributed by atoms with Gasteiger partial charge in [-0.3, -0.25) is 4.21 Å². The van der Waals surface area contributed by atoms with Gasteiger partial charge in [0, 0.05) is 23.9 Å². The molecule has 1 aromatic carbocycles. The smallest absolute Gasteiger partial charge is 0.227 e. The lowest BCUT2D eigenvalue weighted by molar-refractivity contribution is 0.143. The lowest BCUT2D eigenvalue weighted by Gasteiger charge is -2.42. The molecule has 2 fully saturated rings. The zero-order valence-corrected chi connectivity index (χ0v) is 19.2. The highest BCUT2D eigenvalue weighted by molar-refractivity contribution is 7.85. The summed E-state index contributed by atoms with van der Waals surface area (Å²) in [4.78, 5) is 12.7. The van der Waals surface area contributed by atoms with Crippen molar-refractivity contribution in [3.05, 3.63) is 40.5 Å². The second-order valence-electron chi connectivity index (χ2n) is 9.03. The van der Waals surface area contributed by atoms with Gasteiger partial charge in [0.1, 0.15) is 10.7 Å². The number of aryl methyl sites for hydroxylation is 1. The van der Waals surface area contributed by atoms with E-state index in [2.05, 4.69) is 22.3 Å². The van der Waals surface area contributed by atoms with Crippen molar-refractivity contribution in [2.75, 3.05) is 35.7 Å². The SMILES string of the molecule is O=S1CCCc2nc(N3CCC(c4ccc(Cl)cc4)CC3)nc(NC3(CO)CCC3)c21. The van der Waals surface area contributed by atoms with E-state index < -0.39 is 10.8 Å². The van der Waals surface area contributed by atoms with Crippen LogP contribution in [0.25, 0.3) is 0 Å². The predicted octanol–water partition coefficient (Wildman–Crippen LogP) is 3.89. The average Bonchev–Trinajstić information content (AvgIpc) is 2.77. The van der Waals surface area contributed by atoms with E-state index in [9.17, 15) is 9.32 Å². The number of fused-ring (bicyclic) bond motifs is 1. The van der Waals surface area contributed by atoms with Crippen LogP contribution in [0.5, 0.6) is 0 Å². The molecule has 2 N–H and O–H groups in total. The zero-order valence-electron chi connectivity index (χ0n) is 17.6. The summed E-state index contributed by atoms with van der Waals surface area (Å²) in [5.74, 6) is 2.57. The number of anilines is 2. The Hall–Kier alpha value is -1.70. The first kappa shape index (κ1) is 21.2. The van der Waals surface area contributed by atoms with Gasteiger partial charge in [-0.1, -0.05) is 23.7 Å². The number of aromatic nitrogens is 2. The highest BCUT2D eigenvalue weighted by atomic mass is 35.5. The van der Waals surface area contributed by atoms with Crippen LogP contribution in [-0.2, 0) is 17.2 Å². The van der Waals surface area contributed by atoms with Crippen molar-refractivity contribution in [1.29, 1.82) is 0 Å². The maximum Gasteiger partial charge on any atom is 0.227 e. The monoisotopic (exact) mass is 460 g/mol. The number of aliphatic hydroxyl groups excluding tert-OH is 1. The van der Waals surface area contributed by atoms with Gasteiger partial charge in [-0.2, -0.15) is 4.98 Å². The summed E-state index contributed by atoms with van der Waals surface area (Å²) in [5, 5.41) is 14.2. The van der Waals surface area contributed by atoms with E-state index in [1.807, 2.05) is 12.1 Å². The third-order valence-corrected chi connectivity index (χ3v) is 8.81. The van der Waals surface area contributed by atoms with Gasteiger partial charge in [-0.05, 0) is 68.6 Å². The molecule has 3 heterocycles. The van der Waals surface area contributed by atoms with Crippen molar-refractivity contribution in [3.8, 4) is 0 Å². The molecule has 0 spiro atoms. The minimum Gasteiger partial charge on any atom is -0.394 e. The maximum absolute atomic E-state index is 12.8. The van der Waals surface area contributed by atoms with E-state index in [4.69, 9.17) is 21.6 Å². The highest BCUT2D eigenvalue weighted by Crippen LogP contribution is 2.38. The molecule has 0 amide bonds. The van der Waals surface area contributed by atoms with Crippen LogP contribution in [0.15, 0.2) is 29.2 Å². The third kappa shape index (κ3) is 4.20. The first-order chi connectivity index (χ1) is 15.1.